The normalized spacial score (nSPS) is 10.3. The number of rotatable bonds is 8. The van der Waals surface area contributed by atoms with Crippen molar-refractivity contribution in [1.29, 1.82) is 0 Å². The van der Waals surface area contributed by atoms with Gasteiger partial charge in [0, 0.05) is 12.1 Å². The highest BCUT2D eigenvalue weighted by molar-refractivity contribution is 5.94. The first-order valence-electron chi connectivity index (χ1n) is 8.16. The molecule has 0 radical (unpaired) electrons. The highest BCUT2D eigenvalue weighted by atomic mass is 35.5. The Bertz CT molecular complexity index is 619. The lowest BCUT2D eigenvalue weighted by Crippen LogP contribution is -2.22. The lowest BCUT2D eigenvalue weighted by atomic mass is 10.1. The summed E-state index contributed by atoms with van der Waals surface area (Å²) in [6.07, 6.45) is 0. The smallest absolute Gasteiger partial charge is 0.159 e. The van der Waals surface area contributed by atoms with E-state index >= 15 is 0 Å². The number of ketones is 1. The zero-order valence-electron chi connectivity index (χ0n) is 14.6. The van der Waals surface area contributed by atoms with Crippen molar-refractivity contribution in [3.63, 3.8) is 0 Å². The van der Waals surface area contributed by atoms with E-state index in [1.165, 1.54) is 5.56 Å². The molecular weight excluding hydrogens is 322 g/mol. The molecule has 4 heteroatoms. The van der Waals surface area contributed by atoms with Gasteiger partial charge in [-0.3, -0.25) is 9.69 Å². The Hall–Kier alpha value is -1.84. The van der Waals surface area contributed by atoms with E-state index < -0.39 is 0 Å². The van der Waals surface area contributed by atoms with E-state index in [2.05, 4.69) is 43.0 Å². The van der Waals surface area contributed by atoms with Crippen LogP contribution in [0.1, 0.15) is 42.3 Å². The highest BCUT2D eigenvalue weighted by Crippen LogP contribution is 2.15. The number of carbonyl (C=O) groups is 1. The average molecular weight is 348 g/mol. The first-order chi connectivity index (χ1) is 11.1. The molecule has 2 aromatic carbocycles. The van der Waals surface area contributed by atoms with Crippen molar-refractivity contribution >= 4 is 18.2 Å². The van der Waals surface area contributed by atoms with Crippen molar-refractivity contribution in [3.05, 3.63) is 65.2 Å². The van der Waals surface area contributed by atoms with Gasteiger partial charge in [-0.25, -0.2) is 0 Å². The molecule has 0 aromatic heterocycles. The average Bonchev–Trinajstić information content (AvgIpc) is 2.59. The monoisotopic (exact) mass is 347 g/mol. The molecule has 0 atom stereocenters. The SMILES string of the molecule is CCN(CC)Cc1ccc(COc2ccc(C(C)=O)cc2)cc1.Cl. The van der Waals surface area contributed by atoms with Gasteiger partial charge >= 0.3 is 0 Å². The second-order valence-corrected chi connectivity index (χ2v) is 5.65. The van der Waals surface area contributed by atoms with Gasteiger partial charge in [0.2, 0.25) is 0 Å². The van der Waals surface area contributed by atoms with Crippen molar-refractivity contribution in [1.82, 2.24) is 4.90 Å². The molecule has 0 saturated carbocycles. The molecule has 0 aliphatic carbocycles. The summed E-state index contributed by atoms with van der Waals surface area (Å²) in [5.41, 5.74) is 3.17. The molecule has 0 spiro atoms. The molecule has 130 valence electrons. The molecule has 2 aromatic rings. The molecule has 0 heterocycles. The second kappa shape index (κ2) is 10.1. The van der Waals surface area contributed by atoms with Crippen molar-refractivity contribution in [2.75, 3.05) is 13.1 Å². The third-order valence-electron chi connectivity index (χ3n) is 3.99. The van der Waals surface area contributed by atoms with Crippen LogP contribution in [-0.4, -0.2) is 23.8 Å². The molecule has 0 unspecified atom stereocenters. The summed E-state index contributed by atoms with van der Waals surface area (Å²) in [5, 5.41) is 0. The van der Waals surface area contributed by atoms with Crippen molar-refractivity contribution in [2.45, 2.75) is 33.9 Å². The lowest BCUT2D eigenvalue weighted by molar-refractivity contribution is 0.101. The van der Waals surface area contributed by atoms with Gasteiger partial charge in [0.1, 0.15) is 12.4 Å². The largest absolute Gasteiger partial charge is 0.489 e. The minimum atomic E-state index is 0. The Labute approximate surface area is 151 Å². The standard InChI is InChI=1S/C20H25NO2.ClH/c1-4-21(5-2)14-17-6-8-18(9-7-17)15-23-20-12-10-19(11-13-20)16(3)22;/h6-13H,4-5,14-15H2,1-3H3;1H. The number of nitrogens with zero attached hydrogens (tertiary/aromatic N) is 1. The van der Waals surface area contributed by atoms with Crippen molar-refractivity contribution < 1.29 is 9.53 Å². The quantitative estimate of drug-likeness (QED) is 0.646. The van der Waals surface area contributed by atoms with Crippen molar-refractivity contribution in [3.8, 4) is 5.75 Å². The van der Waals surface area contributed by atoms with Crippen LogP contribution >= 0.6 is 12.4 Å². The van der Waals surface area contributed by atoms with E-state index in [9.17, 15) is 4.79 Å². The molecule has 3 nitrogen and oxygen atoms in total. The lowest BCUT2D eigenvalue weighted by Gasteiger charge is -2.18. The van der Waals surface area contributed by atoms with Gasteiger partial charge in [0.05, 0.1) is 0 Å². The molecule has 24 heavy (non-hydrogen) atoms. The van der Waals surface area contributed by atoms with Crippen LogP contribution in [0.4, 0.5) is 0 Å². The zero-order valence-corrected chi connectivity index (χ0v) is 15.4. The summed E-state index contributed by atoms with van der Waals surface area (Å²) >= 11 is 0. The van der Waals surface area contributed by atoms with Crippen LogP contribution in [0, 0.1) is 0 Å². The van der Waals surface area contributed by atoms with Gasteiger partial charge in [-0.2, -0.15) is 0 Å². The zero-order chi connectivity index (χ0) is 16.7. The van der Waals surface area contributed by atoms with E-state index in [1.54, 1.807) is 19.1 Å². The molecule has 0 aliphatic heterocycles. The highest BCUT2D eigenvalue weighted by Gasteiger charge is 2.03. The fourth-order valence-electron chi connectivity index (χ4n) is 2.40. The predicted octanol–water partition coefficient (Wildman–Crippen LogP) is 4.73. The van der Waals surface area contributed by atoms with Crippen LogP contribution in [0.15, 0.2) is 48.5 Å². The molecule has 0 N–H and O–H groups in total. The van der Waals surface area contributed by atoms with Gasteiger partial charge in [-0.05, 0) is 55.4 Å². The fraction of sp³-hybridized carbons (Fsp3) is 0.350. The number of halogens is 1. The minimum Gasteiger partial charge on any atom is -0.489 e. The molecule has 0 amide bonds. The van der Waals surface area contributed by atoms with Gasteiger partial charge in [-0.1, -0.05) is 38.1 Å². The molecule has 0 fully saturated rings. The summed E-state index contributed by atoms with van der Waals surface area (Å²) in [7, 11) is 0. The van der Waals surface area contributed by atoms with Gasteiger partial charge in [0.15, 0.2) is 5.78 Å². The van der Waals surface area contributed by atoms with Crippen LogP contribution < -0.4 is 4.74 Å². The Morgan fingerprint density at radius 1 is 0.917 bits per heavy atom. The number of hydrogen-bond acceptors (Lipinski definition) is 3. The summed E-state index contributed by atoms with van der Waals surface area (Å²) < 4.78 is 5.77. The topological polar surface area (TPSA) is 29.5 Å². The maximum Gasteiger partial charge on any atom is 0.159 e. The number of Topliss-reactive ketones (excluding diaryl/α,β-unsaturated/α-hetero) is 1. The number of ether oxygens (including phenoxy) is 1. The van der Waals surface area contributed by atoms with E-state index in [-0.39, 0.29) is 18.2 Å². The Morgan fingerprint density at radius 3 is 1.96 bits per heavy atom. The molecule has 0 saturated heterocycles. The van der Waals surface area contributed by atoms with E-state index in [0.29, 0.717) is 12.2 Å². The van der Waals surface area contributed by atoms with Crippen molar-refractivity contribution in [2.24, 2.45) is 0 Å². The molecule has 0 aliphatic rings. The Morgan fingerprint density at radius 2 is 1.46 bits per heavy atom. The van der Waals surface area contributed by atoms with Crippen LogP contribution in [0.3, 0.4) is 0 Å². The molecule has 0 bridgehead atoms. The molecule has 2 rings (SSSR count). The van der Waals surface area contributed by atoms with Crippen LogP contribution in [-0.2, 0) is 13.2 Å². The van der Waals surface area contributed by atoms with Gasteiger partial charge in [-0.15, -0.1) is 12.4 Å². The van der Waals surface area contributed by atoms with E-state index in [4.69, 9.17) is 4.74 Å². The fourth-order valence-corrected chi connectivity index (χ4v) is 2.40. The summed E-state index contributed by atoms with van der Waals surface area (Å²) in [5.74, 6) is 0.850. The van der Waals surface area contributed by atoms with Crippen LogP contribution in [0.5, 0.6) is 5.75 Å². The third kappa shape index (κ3) is 5.99. The first-order valence-corrected chi connectivity index (χ1v) is 8.16. The number of carbonyl (C=O) groups excluding carboxylic acids is 1. The van der Waals surface area contributed by atoms with Crippen LogP contribution in [0.25, 0.3) is 0 Å². The summed E-state index contributed by atoms with van der Waals surface area (Å²) in [6, 6.07) is 15.8. The number of benzene rings is 2. The number of hydrogen-bond donors (Lipinski definition) is 0. The first kappa shape index (κ1) is 20.2. The molecular formula is C20H26ClNO2. The maximum atomic E-state index is 11.2. The third-order valence-corrected chi connectivity index (χ3v) is 3.99. The van der Waals surface area contributed by atoms with E-state index in [0.717, 1.165) is 30.9 Å². The van der Waals surface area contributed by atoms with Gasteiger partial charge in [0.25, 0.3) is 0 Å². The minimum absolute atomic E-state index is 0. The summed E-state index contributed by atoms with van der Waals surface area (Å²) in [4.78, 5) is 13.6. The van der Waals surface area contributed by atoms with E-state index in [1.807, 2.05) is 12.1 Å². The maximum absolute atomic E-state index is 11.2. The van der Waals surface area contributed by atoms with Crippen LogP contribution in [0.2, 0.25) is 0 Å². The predicted molar refractivity (Wildman–Crippen MR) is 101 cm³/mol. The Kier molecular flexibility index (Phi) is 8.51. The Balaban J connectivity index is 0.00000288. The summed E-state index contributed by atoms with van der Waals surface area (Å²) in [6.45, 7) is 9.59. The second-order valence-electron chi connectivity index (χ2n) is 5.65. The van der Waals surface area contributed by atoms with Gasteiger partial charge < -0.3 is 4.74 Å².